The lowest BCUT2D eigenvalue weighted by Crippen LogP contribution is -2.49. The maximum absolute atomic E-state index is 11.9. The SMILES string of the molecule is Cc1nn(CCC(N)(C(N)=O)c2ccccc2)c(C)c1C. The lowest BCUT2D eigenvalue weighted by atomic mass is 9.87. The molecule has 1 aromatic carbocycles. The van der Waals surface area contributed by atoms with E-state index in [9.17, 15) is 4.79 Å². The smallest absolute Gasteiger partial charge is 0.242 e. The van der Waals surface area contributed by atoms with Crippen LogP contribution in [0.5, 0.6) is 0 Å². The third-order valence-electron chi connectivity index (χ3n) is 4.19. The second-order valence-electron chi connectivity index (χ2n) is 5.47. The van der Waals surface area contributed by atoms with Crippen molar-refractivity contribution in [3.05, 3.63) is 52.8 Å². The maximum atomic E-state index is 11.9. The molecule has 0 bridgehead atoms. The number of rotatable bonds is 5. The summed E-state index contributed by atoms with van der Waals surface area (Å²) in [6.45, 7) is 6.57. The Kier molecular flexibility index (Phi) is 4.14. The fourth-order valence-electron chi connectivity index (χ4n) is 2.43. The largest absolute Gasteiger partial charge is 0.368 e. The lowest BCUT2D eigenvalue weighted by Gasteiger charge is -2.26. The van der Waals surface area contributed by atoms with Crippen molar-refractivity contribution in [3.8, 4) is 0 Å². The molecule has 2 rings (SSSR count). The Hall–Kier alpha value is -2.14. The normalized spacial score (nSPS) is 13.9. The number of primary amides is 1. The molecule has 0 fully saturated rings. The van der Waals surface area contributed by atoms with E-state index in [2.05, 4.69) is 5.10 Å². The monoisotopic (exact) mass is 286 g/mol. The van der Waals surface area contributed by atoms with Gasteiger partial charge in [-0.25, -0.2) is 0 Å². The summed E-state index contributed by atoms with van der Waals surface area (Å²) in [5.74, 6) is -0.521. The molecule has 0 radical (unpaired) electrons. The Balaban J connectivity index is 2.26. The van der Waals surface area contributed by atoms with Gasteiger partial charge in [0.05, 0.1) is 5.69 Å². The molecule has 2 aromatic rings. The van der Waals surface area contributed by atoms with Crippen LogP contribution in [0.4, 0.5) is 0 Å². The second-order valence-corrected chi connectivity index (χ2v) is 5.47. The molecule has 1 atom stereocenters. The van der Waals surface area contributed by atoms with E-state index in [1.54, 1.807) is 0 Å². The zero-order valence-corrected chi connectivity index (χ0v) is 12.8. The predicted octanol–water partition coefficient (Wildman–Crippen LogP) is 1.54. The molecule has 0 aliphatic heterocycles. The number of carbonyl (C=O) groups is 1. The first-order valence-corrected chi connectivity index (χ1v) is 7.01. The van der Waals surface area contributed by atoms with E-state index in [0.717, 1.165) is 22.5 Å². The van der Waals surface area contributed by atoms with Gasteiger partial charge in [-0.15, -0.1) is 0 Å². The van der Waals surface area contributed by atoms with E-state index >= 15 is 0 Å². The molecule has 5 nitrogen and oxygen atoms in total. The molecule has 4 N–H and O–H groups in total. The summed E-state index contributed by atoms with van der Waals surface area (Å²) in [5, 5.41) is 4.47. The van der Waals surface area contributed by atoms with Gasteiger partial charge in [0.2, 0.25) is 5.91 Å². The lowest BCUT2D eigenvalue weighted by molar-refractivity contribution is -0.123. The van der Waals surface area contributed by atoms with Gasteiger partial charge in [-0.3, -0.25) is 9.48 Å². The standard InChI is InChI=1S/C16H22N4O/c1-11-12(2)19-20(13(11)3)10-9-16(18,15(17)21)14-7-5-4-6-8-14/h4-8H,9-10,18H2,1-3H3,(H2,17,21). The van der Waals surface area contributed by atoms with Gasteiger partial charge in [-0.05, 0) is 38.3 Å². The third kappa shape index (κ3) is 2.83. The van der Waals surface area contributed by atoms with Crippen molar-refractivity contribution in [1.82, 2.24) is 9.78 Å². The number of carbonyl (C=O) groups excluding carboxylic acids is 1. The van der Waals surface area contributed by atoms with Crippen molar-refractivity contribution in [2.75, 3.05) is 0 Å². The van der Waals surface area contributed by atoms with Crippen LogP contribution in [0.3, 0.4) is 0 Å². The van der Waals surface area contributed by atoms with Gasteiger partial charge in [0, 0.05) is 12.2 Å². The Bertz CT molecular complexity index is 648. The van der Waals surface area contributed by atoms with Gasteiger partial charge >= 0.3 is 0 Å². The van der Waals surface area contributed by atoms with Crippen LogP contribution in [0.25, 0.3) is 0 Å². The Morgan fingerprint density at radius 1 is 1.24 bits per heavy atom. The van der Waals surface area contributed by atoms with E-state index in [4.69, 9.17) is 11.5 Å². The van der Waals surface area contributed by atoms with Gasteiger partial charge in [0.25, 0.3) is 0 Å². The van der Waals surface area contributed by atoms with Crippen molar-refractivity contribution >= 4 is 5.91 Å². The number of aromatic nitrogens is 2. The summed E-state index contributed by atoms with van der Waals surface area (Å²) in [4.78, 5) is 11.9. The predicted molar refractivity (Wildman–Crippen MR) is 82.6 cm³/mol. The number of aryl methyl sites for hydroxylation is 2. The summed E-state index contributed by atoms with van der Waals surface area (Å²) < 4.78 is 1.89. The molecule has 21 heavy (non-hydrogen) atoms. The highest BCUT2D eigenvalue weighted by Gasteiger charge is 2.33. The molecule has 0 saturated carbocycles. The first-order valence-electron chi connectivity index (χ1n) is 7.01. The summed E-state index contributed by atoms with van der Waals surface area (Å²) in [6.07, 6.45) is 0.410. The van der Waals surface area contributed by atoms with Gasteiger partial charge in [0.15, 0.2) is 0 Å². The molecular formula is C16H22N4O. The first-order chi connectivity index (χ1) is 9.86. The van der Waals surface area contributed by atoms with Crippen LogP contribution in [0.15, 0.2) is 30.3 Å². The average molecular weight is 286 g/mol. The first kappa shape index (κ1) is 15.3. The van der Waals surface area contributed by atoms with Crippen molar-refractivity contribution in [2.24, 2.45) is 11.5 Å². The van der Waals surface area contributed by atoms with Crippen LogP contribution >= 0.6 is 0 Å². The second kappa shape index (κ2) is 5.69. The highest BCUT2D eigenvalue weighted by Crippen LogP contribution is 2.23. The molecule has 112 valence electrons. The van der Waals surface area contributed by atoms with E-state index < -0.39 is 11.4 Å². The quantitative estimate of drug-likeness (QED) is 0.874. The Morgan fingerprint density at radius 2 is 1.86 bits per heavy atom. The zero-order chi connectivity index (χ0) is 15.6. The van der Waals surface area contributed by atoms with Crippen LogP contribution in [0, 0.1) is 20.8 Å². The van der Waals surface area contributed by atoms with Crippen molar-refractivity contribution in [3.63, 3.8) is 0 Å². The summed E-state index contributed by atoms with van der Waals surface area (Å²) in [5.41, 5.74) is 14.6. The Morgan fingerprint density at radius 3 is 2.33 bits per heavy atom. The maximum Gasteiger partial charge on any atom is 0.242 e. The summed E-state index contributed by atoms with van der Waals surface area (Å²) in [7, 11) is 0. The van der Waals surface area contributed by atoms with Gasteiger partial charge in [0.1, 0.15) is 5.54 Å². The average Bonchev–Trinajstić information content (AvgIpc) is 2.72. The molecular weight excluding hydrogens is 264 g/mol. The van der Waals surface area contributed by atoms with Gasteiger partial charge in [-0.1, -0.05) is 30.3 Å². The topological polar surface area (TPSA) is 86.9 Å². The number of benzene rings is 1. The molecule has 0 spiro atoms. The summed E-state index contributed by atoms with van der Waals surface area (Å²) in [6, 6.07) is 9.25. The molecule has 1 aromatic heterocycles. The van der Waals surface area contributed by atoms with E-state index in [-0.39, 0.29) is 0 Å². The van der Waals surface area contributed by atoms with E-state index in [0.29, 0.717) is 13.0 Å². The molecule has 0 aliphatic carbocycles. The van der Waals surface area contributed by atoms with Crippen molar-refractivity contribution in [2.45, 2.75) is 39.3 Å². The highest BCUT2D eigenvalue weighted by molar-refractivity contribution is 5.85. The fourth-order valence-corrected chi connectivity index (χ4v) is 2.43. The Labute approximate surface area is 124 Å². The molecule has 0 saturated heterocycles. The summed E-state index contributed by atoms with van der Waals surface area (Å²) >= 11 is 0. The van der Waals surface area contributed by atoms with Crippen LogP contribution in [-0.2, 0) is 16.9 Å². The van der Waals surface area contributed by atoms with Crippen molar-refractivity contribution < 1.29 is 4.79 Å². The van der Waals surface area contributed by atoms with Crippen LogP contribution < -0.4 is 11.5 Å². The third-order valence-corrected chi connectivity index (χ3v) is 4.19. The minimum atomic E-state index is -1.18. The van der Waals surface area contributed by atoms with Crippen LogP contribution in [-0.4, -0.2) is 15.7 Å². The number of nitrogens with zero attached hydrogens (tertiary/aromatic N) is 2. The molecule has 5 heteroatoms. The minimum Gasteiger partial charge on any atom is -0.368 e. The highest BCUT2D eigenvalue weighted by atomic mass is 16.1. The number of nitrogens with two attached hydrogens (primary N) is 2. The van der Waals surface area contributed by atoms with Gasteiger partial charge < -0.3 is 11.5 Å². The van der Waals surface area contributed by atoms with Crippen LogP contribution in [0.2, 0.25) is 0 Å². The van der Waals surface area contributed by atoms with E-state index in [1.807, 2.05) is 55.8 Å². The molecule has 1 amide bonds. The van der Waals surface area contributed by atoms with Gasteiger partial charge in [-0.2, -0.15) is 5.10 Å². The molecule has 1 unspecified atom stereocenters. The minimum absolute atomic E-state index is 0.410. The van der Waals surface area contributed by atoms with E-state index in [1.165, 1.54) is 0 Å². The fraction of sp³-hybridized carbons (Fsp3) is 0.375. The van der Waals surface area contributed by atoms with Crippen molar-refractivity contribution in [1.29, 1.82) is 0 Å². The zero-order valence-electron chi connectivity index (χ0n) is 12.8. The number of amides is 1. The number of hydrogen-bond donors (Lipinski definition) is 2. The molecule has 1 heterocycles. The molecule has 0 aliphatic rings. The number of hydrogen-bond acceptors (Lipinski definition) is 3. The van der Waals surface area contributed by atoms with Crippen LogP contribution in [0.1, 0.15) is 28.9 Å².